The number of aromatic nitrogens is 3. The molecule has 0 spiro atoms. The van der Waals surface area contributed by atoms with Crippen LogP contribution in [0.5, 0.6) is 0 Å². The molecular weight excluding hydrogens is 1620 g/mol. The minimum Gasteiger partial charge on any atom is -0.501 e. The van der Waals surface area contributed by atoms with E-state index in [0.717, 1.165) is 139 Å². The van der Waals surface area contributed by atoms with E-state index in [1.54, 1.807) is 0 Å². The minimum atomic E-state index is 0. The Balaban J connectivity index is 0.000000138. The Morgan fingerprint density at radius 3 is 0.839 bits per heavy atom. The molecule has 0 unspecified atom stereocenters. The average Bonchev–Trinajstić information content (AvgIpc) is 1.60. The summed E-state index contributed by atoms with van der Waals surface area (Å²) in [5, 5.41) is 14.7. The second-order valence-corrected chi connectivity index (χ2v) is 32.0. The Labute approximate surface area is 711 Å². The predicted molar refractivity (Wildman–Crippen MR) is 496 cm³/mol. The summed E-state index contributed by atoms with van der Waals surface area (Å²) in [6, 6.07) is 95.1. The molecule has 0 N–H and O–H groups in total. The van der Waals surface area contributed by atoms with E-state index in [9.17, 15) is 0 Å². The van der Waals surface area contributed by atoms with Crippen LogP contribution in [0.4, 0.5) is 0 Å². The molecule has 18 rings (SSSR count). The van der Waals surface area contributed by atoms with Crippen LogP contribution in [0.25, 0.3) is 165 Å². The van der Waals surface area contributed by atoms with E-state index >= 15 is 0 Å². The number of rotatable bonds is 30. The quantitative estimate of drug-likeness (QED) is 0.0330. The number of fused-ring (bicyclic) bond motifs is 12. The van der Waals surface area contributed by atoms with Crippen LogP contribution in [0.3, 0.4) is 0 Å². The van der Waals surface area contributed by atoms with Crippen molar-refractivity contribution in [3.8, 4) is 67.2 Å². The zero-order valence-corrected chi connectivity index (χ0v) is 72.0. The molecule has 12 aromatic carbocycles. The number of aryl methyl sites for hydroxylation is 6. The Hall–Kier alpha value is -11.1. The van der Waals surface area contributed by atoms with Crippen molar-refractivity contribution in [2.75, 3.05) is 0 Å². The first kappa shape index (κ1) is 82.0. The maximum absolute atomic E-state index is 6.35. The molecule has 7 heteroatoms. The molecule has 0 aliphatic rings. The second kappa shape index (κ2) is 39.4. The molecule has 594 valence electrons. The summed E-state index contributed by atoms with van der Waals surface area (Å²) >= 11 is 0. The van der Waals surface area contributed by atoms with Gasteiger partial charge in [0.1, 0.15) is 16.7 Å². The summed E-state index contributed by atoms with van der Waals surface area (Å²) in [7, 11) is 0. The fourth-order valence-electron chi connectivity index (χ4n) is 17.6. The Morgan fingerprint density at radius 2 is 0.559 bits per heavy atom. The molecule has 0 fully saturated rings. The van der Waals surface area contributed by atoms with Crippen molar-refractivity contribution in [1.82, 2.24) is 15.0 Å². The molecule has 0 saturated heterocycles. The van der Waals surface area contributed by atoms with E-state index < -0.39 is 0 Å². The monoisotopic (exact) mass is 1720 g/mol. The van der Waals surface area contributed by atoms with Crippen molar-refractivity contribution in [3.05, 3.63) is 307 Å². The van der Waals surface area contributed by atoms with Crippen LogP contribution in [0.2, 0.25) is 0 Å². The van der Waals surface area contributed by atoms with Gasteiger partial charge in [-0.05, 0) is 156 Å². The number of unbranched alkanes of at least 4 members (excludes halogenated alkanes) is 15. The first-order chi connectivity index (χ1) is 57.8. The topological polar surface area (TPSA) is 78.1 Å². The zero-order valence-electron chi connectivity index (χ0n) is 69.6. The Kier molecular flexibility index (Phi) is 27.4. The SMILES string of the molecule is CCCCCCCCc1ccc2c(-c3ccc(-c4[c-]cc(CC)c5c4oc4ccccc45)nc3)cccc2c1.CCCCCCCCc1ccc2c(-c3ccc(-c4[c-]cc(CC)c5c4oc4ccccc45)nc3)cccc2c1.CCCCCCCCc1ccc2c(-c3ccc(-c4[c-]cc(CC)c5c4oc4ccccc45)nc3)cccc2c1.[Ir+3]. The molecule has 0 aliphatic carbocycles. The molecule has 6 nitrogen and oxygen atoms in total. The summed E-state index contributed by atoms with van der Waals surface area (Å²) in [6.45, 7) is 13.4. The van der Waals surface area contributed by atoms with Gasteiger partial charge < -0.3 is 28.2 Å². The average molecular weight is 1720 g/mol. The Bertz CT molecular complexity index is 5800. The van der Waals surface area contributed by atoms with Gasteiger partial charge in [-0.3, -0.25) is 0 Å². The maximum atomic E-state index is 6.35. The molecule has 6 heterocycles. The van der Waals surface area contributed by atoms with Gasteiger partial charge in [0.15, 0.2) is 0 Å². The van der Waals surface area contributed by atoms with E-state index in [2.05, 4.69) is 260 Å². The first-order valence-electron chi connectivity index (χ1n) is 43.8. The summed E-state index contributed by atoms with van der Waals surface area (Å²) in [6.07, 6.45) is 36.3. The van der Waals surface area contributed by atoms with E-state index in [0.29, 0.717) is 0 Å². The Morgan fingerprint density at radius 1 is 0.271 bits per heavy atom. The normalized spacial score (nSPS) is 11.5. The van der Waals surface area contributed by atoms with Crippen LogP contribution in [0.1, 0.15) is 190 Å². The number of nitrogens with zero attached hydrogens (tertiary/aromatic N) is 3. The van der Waals surface area contributed by atoms with Gasteiger partial charge in [0.2, 0.25) is 0 Å². The van der Waals surface area contributed by atoms with E-state index in [4.69, 9.17) is 28.2 Å². The molecule has 6 aromatic heterocycles. The van der Waals surface area contributed by atoms with Crippen LogP contribution >= 0.6 is 0 Å². The van der Waals surface area contributed by atoms with Crippen molar-refractivity contribution in [2.24, 2.45) is 0 Å². The van der Waals surface area contributed by atoms with Gasteiger partial charge in [-0.25, -0.2) is 0 Å². The number of para-hydroxylation sites is 3. The number of pyridine rings is 3. The number of furan rings is 3. The van der Waals surface area contributed by atoms with E-state index in [1.807, 2.05) is 55.0 Å². The third-order valence-electron chi connectivity index (χ3n) is 24.0. The third kappa shape index (κ3) is 18.1. The molecule has 0 aliphatic heterocycles. The van der Waals surface area contributed by atoms with Crippen molar-refractivity contribution < 1.29 is 33.4 Å². The van der Waals surface area contributed by atoms with Crippen molar-refractivity contribution >= 4 is 98.1 Å². The smallest absolute Gasteiger partial charge is 0.501 e. The van der Waals surface area contributed by atoms with Gasteiger partial charge in [0.25, 0.3) is 0 Å². The molecule has 0 radical (unpaired) electrons. The molecule has 0 atom stereocenters. The summed E-state index contributed by atoms with van der Waals surface area (Å²) < 4.78 is 19.0. The van der Waals surface area contributed by atoms with Crippen LogP contribution in [0.15, 0.2) is 268 Å². The summed E-state index contributed by atoms with van der Waals surface area (Å²) in [4.78, 5) is 14.7. The van der Waals surface area contributed by atoms with Crippen LogP contribution < -0.4 is 0 Å². The van der Waals surface area contributed by atoms with Crippen molar-refractivity contribution in [2.45, 2.75) is 196 Å². The third-order valence-corrected chi connectivity index (χ3v) is 24.0. The fraction of sp³-hybridized carbons (Fsp3) is 0.270. The van der Waals surface area contributed by atoms with Crippen LogP contribution in [0, 0.1) is 18.2 Å². The molecule has 0 bridgehead atoms. The first-order valence-corrected chi connectivity index (χ1v) is 43.8. The van der Waals surface area contributed by atoms with Gasteiger partial charge in [0.05, 0.1) is 16.7 Å². The fourth-order valence-corrected chi connectivity index (χ4v) is 17.6. The van der Waals surface area contributed by atoms with Gasteiger partial charge in [-0.15, -0.1) is 53.1 Å². The minimum absolute atomic E-state index is 0. The number of hydrogen-bond acceptors (Lipinski definition) is 6. The molecular formula is C111H108IrN3O3. The maximum Gasteiger partial charge on any atom is 3.00 e. The van der Waals surface area contributed by atoms with Crippen LogP contribution in [-0.4, -0.2) is 15.0 Å². The number of benzene rings is 12. The molecule has 18 aromatic rings. The largest absolute Gasteiger partial charge is 3.00 e. The van der Waals surface area contributed by atoms with Crippen LogP contribution in [-0.2, 0) is 58.6 Å². The van der Waals surface area contributed by atoms with Gasteiger partial charge in [-0.2, -0.15) is 0 Å². The molecule has 0 amide bonds. The second-order valence-electron chi connectivity index (χ2n) is 32.0. The van der Waals surface area contributed by atoms with Crippen molar-refractivity contribution in [3.63, 3.8) is 0 Å². The molecule has 118 heavy (non-hydrogen) atoms. The number of hydrogen-bond donors (Lipinski definition) is 0. The summed E-state index contributed by atoms with van der Waals surface area (Å²) in [5.41, 5.74) is 25.8. The van der Waals surface area contributed by atoms with Gasteiger partial charge >= 0.3 is 20.1 Å². The van der Waals surface area contributed by atoms with Gasteiger partial charge in [-0.1, -0.05) is 390 Å². The van der Waals surface area contributed by atoms with Gasteiger partial charge in [0, 0.05) is 34.7 Å². The van der Waals surface area contributed by atoms with Crippen molar-refractivity contribution in [1.29, 1.82) is 0 Å². The van der Waals surface area contributed by atoms with E-state index in [-0.39, 0.29) is 20.1 Å². The van der Waals surface area contributed by atoms with E-state index in [1.165, 1.54) is 214 Å². The molecule has 0 saturated carbocycles. The zero-order chi connectivity index (χ0) is 79.8. The predicted octanol–water partition coefficient (Wildman–Crippen LogP) is 32.2. The standard InChI is InChI=1S/3C37H36NO.Ir/c3*1-3-5-6-7-8-9-13-26-18-21-31-28(24-26)14-12-16-30(31)29-20-23-34(38-25-29)32-22-19-27(4-2)36-33-15-10-11-17-35(33)39-37(32)36;/h3*10-12,14-21,23-25H,3-9,13H2,1-2H3;/q3*-1;+3. The summed E-state index contributed by atoms with van der Waals surface area (Å²) in [5.74, 6) is 0.